The molecule has 0 aromatic carbocycles. The highest BCUT2D eigenvalue weighted by Gasteiger charge is 2.16. The van der Waals surface area contributed by atoms with Crippen LogP contribution in [-0.4, -0.2) is 20.9 Å². The Morgan fingerprint density at radius 1 is 1.35 bits per heavy atom. The van der Waals surface area contributed by atoms with Crippen LogP contribution in [0.5, 0.6) is 0 Å². The number of amides is 1. The van der Waals surface area contributed by atoms with Gasteiger partial charge in [-0.15, -0.1) is 0 Å². The highest BCUT2D eigenvalue weighted by molar-refractivity contribution is 9.10. The van der Waals surface area contributed by atoms with Crippen molar-refractivity contribution >= 4 is 27.7 Å². The smallest absolute Gasteiger partial charge is 0.294 e. The second kappa shape index (κ2) is 4.62. The molecular weight excluding hydrogens is 288 g/mol. The fourth-order valence-corrected chi connectivity index (χ4v) is 1.50. The standard InChI is InChI=1S/C10H9BrN4O2/c1-5-9(17-6(2)14-5)10(16)15-8-4-12-7(11)3-13-8/h3-4H,1-2H3,(H,13,15,16). The van der Waals surface area contributed by atoms with Gasteiger partial charge in [-0.1, -0.05) is 0 Å². The lowest BCUT2D eigenvalue weighted by atomic mass is 10.3. The third-order valence-electron chi connectivity index (χ3n) is 1.97. The van der Waals surface area contributed by atoms with E-state index in [1.165, 1.54) is 12.4 Å². The molecule has 6 nitrogen and oxygen atoms in total. The van der Waals surface area contributed by atoms with Gasteiger partial charge in [0.2, 0.25) is 5.76 Å². The molecule has 7 heteroatoms. The van der Waals surface area contributed by atoms with Crippen LogP contribution < -0.4 is 5.32 Å². The van der Waals surface area contributed by atoms with Gasteiger partial charge >= 0.3 is 0 Å². The molecule has 88 valence electrons. The number of anilines is 1. The quantitative estimate of drug-likeness (QED) is 0.918. The fourth-order valence-electron chi connectivity index (χ4n) is 1.29. The molecule has 0 aliphatic heterocycles. The predicted octanol–water partition coefficient (Wildman–Crippen LogP) is 2.10. The molecule has 2 aromatic heterocycles. The van der Waals surface area contributed by atoms with Crippen LogP contribution in [0.15, 0.2) is 21.4 Å². The Labute approximate surface area is 106 Å². The molecule has 2 rings (SSSR count). The minimum absolute atomic E-state index is 0.187. The Hall–Kier alpha value is -1.76. The van der Waals surface area contributed by atoms with Crippen molar-refractivity contribution in [3.05, 3.63) is 34.3 Å². The topological polar surface area (TPSA) is 80.9 Å². The van der Waals surface area contributed by atoms with Gasteiger partial charge < -0.3 is 9.73 Å². The van der Waals surface area contributed by atoms with Crippen molar-refractivity contribution in [3.8, 4) is 0 Å². The van der Waals surface area contributed by atoms with Gasteiger partial charge in [-0.2, -0.15) is 0 Å². The van der Waals surface area contributed by atoms with E-state index in [0.717, 1.165) is 0 Å². The molecule has 0 saturated heterocycles. The second-order valence-corrected chi connectivity index (χ2v) is 4.14. The molecule has 17 heavy (non-hydrogen) atoms. The predicted molar refractivity (Wildman–Crippen MR) is 63.7 cm³/mol. The van der Waals surface area contributed by atoms with E-state index in [4.69, 9.17) is 4.42 Å². The molecule has 0 spiro atoms. The van der Waals surface area contributed by atoms with Crippen LogP contribution in [0, 0.1) is 13.8 Å². The maximum absolute atomic E-state index is 11.8. The van der Waals surface area contributed by atoms with Crippen molar-refractivity contribution in [3.63, 3.8) is 0 Å². The number of halogens is 1. The number of aromatic nitrogens is 3. The van der Waals surface area contributed by atoms with Crippen molar-refractivity contribution in [1.82, 2.24) is 15.0 Å². The van der Waals surface area contributed by atoms with Gasteiger partial charge in [0.25, 0.3) is 5.91 Å². The first kappa shape index (κ1) is 11.7. The van der Waals surface area contributed by atoms with E-state index in [0.29, 0.717) is 22.0 Å². The van der Waals surface area contributed by atoms with E-state index in [-0.39, 0.29) is 11.7 Å². The highest BCUT2D eigenvalue weighted by atomic mass is 79.9. The number of hydrogen-bond acceptors (Lipinski definition) is 5. The van der Waals surface area contributed by atoms with Gasteiger partial charge in [-0.25, -0.2) is 15.0 Å². The molecule has 1 N–H and O–H groups in total. The number of nitrogens with zero attached hydrogens (tertiary/aromatic N) is 3. The number of carbonyl (C=O) groups excluding carboxylic acids is 1. The molecule has 0 aliphatic carbocycles. The van der Waals surface area contributed by atoms with Crippen LogP contribution >= 0.6 is 15.9 Å². The summed E-state index contributed by atoms with van der Waals surface area (Å²) in [4.78, 5) is 23.7. The van der Waals surface area contributed by atoms with E-state index >= 15 is 0 Å². The minimum atomic E-state index is -0.389. The molecule has 0 unspecified atom stereocenters. The van der Waals surface area contributed by atoms with E-state index < -0.39 is 0 Å². The van der Waals surface area contributed by atoms with Crippen molar-refractivity contribution in [2.75, 3.05) is 5.32 Å². The van der Waals surface area contributed by atoms with E-state index in [2.05, 4.69) is 36.2 Å². The van der Waals surface area contributed by atoms with Crippen LogP contribution in [-0.2, 0) is 0 Å². The van der Waals surface area contributed by atoms with Crippen LogP contribution in [0.25, 0.3) is 0 Å². The lowest BCUT2D eigenvalue weighted by Gasteiger charge is -2.01. The molecule has 0 atom stereocenters. The third kappa shape index (κ3) is 2.68. The number of hydrogen-bond donors (Lipinski definition) is 1. The summed E-state index contributed by atoms with van der Waals surface area (Å²) < 4.78 is 5.79. The Morgan fingerprint density at radius 3 is 2.65 bits per heavy atom. The average molecular weight is 297 g/mol. The molecule has 0 saturated carbocycles. The number of aryl methyl sites for hydroxylation is 2. The monoisotopic (exact) mass is 296 g/mol. The fraction of sp³-hybridized carbons (Fsp3) is 0.200. The zero-order valence-electron chi connectivity index (χ0n) is 9.19. The van der Waals surface area contributed by atoms with Crippen molar-refractivity contribution in [1.29, 1.82) is 0 Å². The Morgan fingerprint density at radius 2 is 2.12 bits per heavy atom. The summed E-state index contributed by atoms with van der Waals surface area (Å²) in [6, 6.07) is 0. The third-order valence-corrected chi connectivity index (χ3v) is 2.38. The van der Waals surface area contributed by atoms with Gasteiger partial charge in [-0.3, -0.25) is 4.79 Å². The van der Waals surface area contributed by atoms with Crippen LogP contribution in [0.4, 0.5) is 5.82 Å². The van der Waals surface area contributed by atoms with Crippen molar-refractivity contribution < 1.29 is 9.21 Å². The molecule has 0 aliphatic rings. The summed E-state index contributed by atoms with van der Waals surface area (Å²) >= 11 is 3.16. The van der Waals surface area contributed by atoms with Crippen molar-refractivity contribution in [2.24, 2.45) is 0 Å². The Kier molecular flexibility index (Phi) is 3.19. The lowest BCUT2D eigenvalue weighted by molar-refractivity contribution is 0.0994. The number of oxazole rings is 1. The maximum atomic E-state index is 11.8. The number of rotatable bonds is 2. The molecule has 0 fully saturated rings. The van der Waals surface area contributed by atoms with Crippen molar-refractivity contribution in [2.45, 2.75) is 13.8 Å². The van der Waals surface area contributed by atoms with Gasteiger partial charge in [0.05, 0.1) is 18.1 Å². The first-order valence-electron chi connectivity index (χ1n) is 4.79. The number of nitrogens with one attached hydrogen (secondary N) is 1. The first-order valence-corrected chi connectivity index (χ1v) is 5.58. The SMILES string of the molecule is Cc1nc(C)c(C(=O)Nc2cnc(Br)cn2)o1. The van der Waals surface area contributed by atoms with Crippen LogP contribution in [0.2, 0.25) is 0 Å². The summed E-state index contributed by atoms with van der Waals surface area (Å²) in [7, 11) is 0. The minimum Gasteiger partial charge on any atom is -0.436 e. The summed E-state index contributed by atoms with van der Waals surface area (Å²) in [6.07, 6.45) is 2.94. The summed E-state index contributed by atoms with van der Waals surface area (Å²) in [5.74, 6) is 0.605. The highest BCUT2D eigenvalue weighted by Crippen LogP contribution is 2.12. The summed E-state index contributed by atoms with van der Waals surface area (Å²) in [5, 5.41) is 2.57. The van der Waals surface area contributed by atoms with Gasteiger partial charge in [0.15, 0.2) is 11.7 Å². The normalized spacial score (nSPS) is 10.3. The lowest BCUT2D eigenvalue weighted by Crippen LogP contribution is -2.13. The molecular formula is C10H9BrN4O2. The second-order valence-electron chi connectivity index (χ2n) is 3.33. The molecule has 1 amide bonds. The summed E-state index contributed by atoms with van der Waals surface area (Å²) in [6.45, 7) is 3.39. The van der Waals surface area contributed by atoms with Gasteiger partial charge in [0.1, 0.15) is 4.60 Å². The van der Waals surface area contributed by atoms with E-state index in [1.807, 2.05) is 0 Å². The van der Waals surface area contributed by atoms with Gasteiger partial charge in [0, 0.05) is 6.92 Å². The number of carbonyl (C=O) groups is 1. The Balaban J connectivity index is 2.17. The zero-order chi connectivity index (χ0) is 12.4. The Bertz CT molecular complexity index is 550. The molecule has 0 bridgehead atoms. The zero-order valence-corrected chi connectivity index (χ0v) is 10.8. The molecule has 0 radical (unpaired) electrons. The van der Waals surface area contributed by atoms with E-state index in [1.54, 1.807) is 13.8 Å². The van der Waals surface area contributed by atoms with Crippen LogP contribution in [0.1, 0.15) is 22.1 Å². The summed E-state index contributed by atoms with van der Waals surface area (Å²) in [5.41, 5.74) is 0.546. The van der Waals surface area contributed by atoms with Crippen LogP contribution in [0.3, 0.4) is 0 Å². The van der Waals surface area contributed by atoms with E-state index in [9.17, 15) is 4.79 Å². The maximum Gasteiger partial charge on any atom is 0.294 e. The average Bonchev–Trinajstić information content (AvgIpc) is 2.61. The van der Waals surface area contributed by atoms with Gasteiger partial charge in [-0.05, 0) is 22.9 Å². The first-order chi connectivity index (χ1) is 8.06. The molecule has 2 heterocycles. The molecule has 2 aromatic rings. The largest absolute Gasteiger partial charge is 0.436 e.